The number of rotatable bonds is 6. The fraction of sp³-hybridized carbons (Fsp3) is 0. The van der Waals surface area contributed by atoms with E-state index in [1.54, 1.807) is 0 Å². The Hall–Kier alpha value is -7.62. The van der Waals surface area contributed by atoms with Crippen molar-refractivity contribution in [3.8, 4) is 27.9 Å². The molecule has 0 aliphatic carbocycles. The number of anilines is 3. The lowest BCUT2D eigenvalue weighted by Crippen LogP contribution is -2.10. The lowest BCUT2D eigenvalue weighted by atomic mass is 10.0. The van der Waals surface area contributed by atoms with Crippen LogP contribution in [0, 0.1) is 0 Å². The smallest absolute Gasteiger partial charge is 0.0620 e. The number of fused-ring (bicyclic) bond motifs is 9. The molecule has 0 saturated carbocycles. The first kappa shape index (κ1) is 31.7. The maximum Gasteiger partial charge on any atom is 0.0620 e. The van der Waals surface area contributed by atoms with Gasteiger partial charge in [-0.25, -0.2) is 0 Å². The summed E-state index contributed by atoms with van der Waals surface area (Å²) in [5, 5.41) is 7.66. The highest BCUT2D eigenvalue weighted by Gasteiger charge is 2.20. The van der Waals surface area contributed by atoms with E-state index in [1.165, 1.54) is 82.2 Å². The van der Waals surface area contributed by atoms with Crippen molar-refractivity contribution in [3.05, 3.63) is 212 Å². The summed E-state index contributed by atoms with van der Waals surface area (Å²) in [4.78, 5) is 2.38. The highest BCUT2D eigenvalue weighted by molar-refractivity contribution is 6.23. The zero-order chi connectivity index (χ0) is 37.5. The highest BCUT2D eigenvalue weighted by atomic mass is 15.1. The van der Waals surface area contributed by atoms with Crippen molar-refractivity contribution in [1.82, 2.24) is 8.97 Å². The van der Waals surface area contributed by atoms with Gasteiger partial charge in [-0.2, -0.15) is 0 Å². The molecular weight excluding hydrogens is 691 g/mol. The van der Waals surface area contributed by atoms with Crippen LogP contribution in [-0.2, 0) is 0 Å². The van der Waals surface area contributed by atoms with E-state index in [2.05, 4.69) is 226 Å². The Morgan fingerprint density at radius 3 is 1.46 bits per heavy atom. The van der Waals surface area contributed by atoms with Gasteiger partial charge < -0.3 is 13.9 Å². The molecule has 0 aliphatic heterocycles. The van der Waals surface area contributed by atoms with Crippen molar-refractivity contribution >= 4 is 77.0 Å². The van der Waals surface area contributed by atoms with Gasteiger partial charge in [0.05, 0.1) is 27.6 Å². The molecule has 0 spiro atoms. The van der Waals surface area contributed by atoms with Crippen LogP contribution in [0.15, 0.2) is 212 Å². The van der Waals surface area contributed by atoms with Crippen LogP contribution in [0.3, 0.4) is 0 Å². The normalized spacial score (nSPS) is 11.9. The van der Waals surface area contributed by atoms with E-state index < -0.39 is 0 Å². The monoisotopic (exact) mass is 725 g/mol. The topological polar surface area (TPSA) is 12.6 Å². The SMILES string of the molecule is c1ccc(-c2ccc(N(c3ccc(-c4ccc5c(c4)c4cccc6c7ccccc7n5c64)cc3)c3ccc4c(c3)c3ccccc3n4-c3ccccc3)cc2)cc1. The number of aromatic nitrogens is 2. The molecule has 9 aromatic carbocycles. The zero-order valence-corrected chi connectivity index (χ0v) is 31.0. The summed E-state index contributed by atoms with van der Waals surface area (Å²) in [6.07, 6.45) is 0. The summed E-state index contributed by atoms with van der Waals surface area (Å²) in [5.41, 5.74) is 15.5. The van der Waals surface area contributed by atoms with Crippen LogP contribution in [0.1, 0.15) is 0 Å². The number of nitrogens with zero attached hydrogens (tertiary/aromatic N) is 3. The fourth-order valence-electron chi connectivity index (χ4n) is 9.25. The minimum atomic E-state index is 1.10. The molecule has 3 aromatic heterocycles. The minimum absolute atomic E-state index is 1.10. The van der Waals surface area contributed by atoms with Gasteiger partial charge >= 0.3 is 0 Å². The van der Waals surface area contributed by atoms with E-state index in [4.69, 9.17) is 0 Å². The molecule has 266 valence electrons. The highest BCUT2D eigenvalue weighted by Crippen LogP contribution is 2.43. The average Bonchev–Trinajstić information content (AvgIpc) is 3.92. The molecule has 57 heavy (non-hydrogen) atoms. The maximum atomic E-state index is 2.44. The van der Waals surface area contributed by atoms with Crippen molar-refractivity contribution in [2.75, 3.05) is 4.90 Å². The second-order valence-electron chi connectivity index (χ2n) is 15.0. The second-order valence-corrected chi connectivity index (χ2v) is 15.0. The molecule has 0 N–H and O–H groups in total. The molecule has 12 rings (SSSR count). The van der Waals surface area contributed by atoms with E-state index in [0.717, 1.165) is 22.7 Å². The Labute approximate surface area is 329 Å². The van der Waals surface area contributed by atoms with Crippen LogP contribution in [0.25, 0.3) is 87.8 Å². The number of hydrogen-bond donors (Lipinski definition) is 0. The van der Waals surface area contributed by atoms with Crippen molar-refractivity contribution in [3.63, 3.8) is 0 Å². The minimum Gasteiger partial charge on any atom is -0.310 e. The molecule has 3 heteroatoms. The molecule has 0 radical (unpaired) electrons. The van der Waals surface area contributed by atoms with E-state index in [9.17, 15) is 0 Å². The number of hydrogen-bond acceptors (Lipinski definition) is 1. The third-order valence-corrected chi connectivity index (χ3v) is 11.8. The van der Waals surface area contributed by atoms with Crippen LogP contribution in [0.2, 0.25) is 0 Å². The number of para-hydroxylation sites is 4. The molecule has 0 atom stereocenters. The first-order chi connectivity index (χ1) is 28.3. The Balaban J connectivity index is 0.991. The molecule has 0 fully saturated rings. The predicted octanol–water partition coefficient (Wildman–Crippen LogP) is 14.7. The van der Waals surface area contributed by atoms with Crippen molar-refractivity contribution < 1.29 is 0 Å². The third kappa shape index (κ3) is 4.86. The van der Waals surface area contributed by atoms with Crippen molar-refractivity contribution in [1.29, 1.82) is 0 Å². The lowest BCUT2D eigenvalue weighted by molar-refractivity contribution is 1.18. The summed E-state index contributed by atoms with van der Waals surface area (Å²) in [6.45, 7) is 0. The summed E-state index contributed by atoms with van der Waals surface area (Å²) >= 11 is 0. The molecule has 0 aliphatic rings. The molecular formula is C54H35N3. The molecule has 3 heterocycles. The Morgan fingerprint density at radius 2 is 0.737 bits per heavy atom. The van der Waals surface area contributed by atoms with Crippen molar-refractivity contribution in [2.24, 2.45) is 0 Å². The summed E-state index contributed by atoms with van der Waals surface area (Å²) in [7, 11) is 0. The zero-order valence-electron chi connectivity index (χ0n) is 31.0. The second kappa shape index (κ2) is 12.5. The first-order valence-electron chi connectivity index (χ1n) is 19.6. The third-order valence-electron chi connectivity index (χ3n) is 11.8. The summed E-state index contributed by atoms with van der Waals surface area (Å²) < 4.78 is 4.82. The van der Waals surface area contributed by atoms with Gasteiger partial charge in [-0.3, -0.25) is 0 Å². The molecule has 0 unspecified atom stereocenters. The van der Waals surface area contributed by atoms with Crippen LogP contribution in [0.5, 0.6) is 0 Å². The number of benzene rings is 9. The molecule has 0 amide bonds. The van der Waals surface area contributed by atoms with Gasteiger partial charge in [0.15, 0.2) is 0 Å². The van der Waals surface area contributed by atoms with E-state index in [-0.39, 0.29) is 0 Å². The van der Waals surface area contributed by atoms with Gasteiger partial charge in [0.1, 0.15) is 0 Å². The summed E-state index contributed by atoms with van der Waals surface area (Å²) in [6, 6.07) is 77.3. The van der Waals surface area contributed by atoms with Crippen LogP contribution in [-0.4, -0.2) is 8.97 Å². The van der Waals surface area contributed by atoms with Crippen molar-refractivity contribution in [2.45, 2.75) is 0 Å². The van der Waals surface area contributed by atoms with Gasteiger partial charge in [0.25, 0.3) is 0 Å². The van der Waals surface area contributed by atoms with E-state index >= 15 is 0 Å². The maximum absolute atomic E-state index is 2.44. The van der Waals surface area contributed by atoms with Crippen LogP contribution >= 0.6 is 0 Å². The van der Waals surface area contributed by atoms with Gasteiger partial charge in [0, 0.05) is 55.1 Å². The lowest BCUT2D eigenvalue weighted by Gasteiger charge is -2.26. The van der Waals surface area contributed by atoms with Gasteiger partial charge in [0.2, 0.25) is 0 Å². The molecule has 3 nitrogen and oxygen atoms in total. The largest absolute Gasteiger partial charge is 0.310 e. The molecule has 0 bridgehead atoms. The van der Waals surface area contributed by atoms with Gasteiger partial charge in [-0.05, 0) is 101 Å². The predicted molar refractivity (Wildman–Crippen MR) is 241 cm³/mol. The summed E-state index contributed by atoms with van der Waals surface area (Å²) in [5.74, 6) is 0. The first-order valence-corrected chi connectivity index (χ1v) is 19.6. The Kier molecular flexibility index (Phi) is 6.93. The Bertz CT molecular complexity index is 3430. The van der Waals surface area contributed by atoms with E-state index in [0.29, 0.717) is 0 Å². The molecule has 0 saturated heterocycles. The van der Waals surface area contributed by atoms with Gasteiger partial charge in [-0.1, -0.05) is 133 Å². The standard InChI is InChI=1S/C54H35N3/c1-3-12-36(13-4-1)37-22-27-41(28-23-37)55(43-31-33-52-49(35-43)45-17-8-9-20-50(45)56(52)40-14-5-2-6-15-40)42-29-24-38(25-30-42)39-26-32-53-48(34-39)47-19-11-18-46-44-16-7-10-21-51(44)57(53)54(46)47/h1-35H. The molecule has 12 aromatic rings. The quantitative estimate of drug-likeness (QED) is 0.166. The van der Waals surface area contributed by atoms with Gasteiger partial charge in [-0.15, -0.1) is 0 Å². The van der Waals surface area contributed by atoms with Crippen LogP contribution < -0.4 is 4.90 Å². The van der Waals surface area contributed by atoms with E-state index in [1.807, 2.05) is 0 Å². The fourth-order valence-corrected chi connectivity index (χ4v) is 9.25. The van der Waals surface area contributed by atoms with Crippen LogP contribution in [0.4, 0.5) is 17.1 Å². The Morgan fingerprint density at radius 1 is 0.281 bits per heavy atom. The average molecular weight is 726 g/mol.